The van der Waals surface area contributed by atoms with Crippen LogP contribution in [0.5, 0.6) is 0 Å². The van der Waals surface area contributed by atoms with E-state index in [1.165, 1.54) is 12.1 Å². The lowest BCUT2D eigenvalue weighted by molar-refractivity contribution is -0.125. The molecule has 0 bridgehead atoms. The number of nitrogens with zero attached hydrogens (tertiary/aromatic N) is 1. The second-order valence-electron chi connectivity index (χ2n) is 6.97. The molecule has 1 amide bonds. The Bertz CT molecular complexity index is 786. The van der Waals surface area contributed by atoms with Crippen molar-refractivity contribution in [1.82, 2.24) is 9.88 Å². The first-order valence-electron chi connectivity index (χ1n) is 8.01. The van der Waals surface area contributed by atoms with Crippen LogP contribution in [0.1, 0.15) is 42.5 Å². The van der Waals surface area contributed by atoms with Gasteiger partial charge in [0, 0.05) is 22.6 Å². The molecule has 5 nitrogen and oxygen atoms in total. The first kappa shape index (κ1) is 18.7. The van der Waals surface area contributed by atoms with Crippen molar-refractivity contribution in [2.45, 2.75) is 40.2 Å². The third kappa shape index (κ3) is 4.68. The second-order valence-corrected chi connectivity index (χ2v) is 6.97. The zero-order valence-corrected chi connectivity index (χ0v) is 15.1. The normalized spacial score (nSPS) is 11.3. The van der Waals surface area contributed by atoms with Crippen molar-refractivity contribution in [2.75, 3.05) is 6.61 Å². The molecule has 1 aromatic heterocycles. The van der Waals surface area contributed by atoms with Gasteiger partial charge < -0.3 is 14.6 Å². The predicted molar refractivity (Wildman–Crippen MR) is 93.4 cm³/mol. The quantitative estimate of drug-likeness (QED) is 0.864. The van der Waals surface area contributed by atoms with Gasteiger partial charge in [-0.1, -0.05) is 0 Å². The maximum absolute atomic E-state index is 13.1. The van der Waals surface area contributed by atoms with E-state index in [-0.39, 0.29) is 23.9 Å². The molecule has 2 aromatic rings. The summed E-state index contributed by atoms with van der Waals surface area (Å²) in [7, 11) is 0. The van der Waals surface area contributed by atoms with Crippen LogP contribution in [0.2, 0.25) is 0 Å². The Kier molecular flexibility index (Phi) is 5.30. The van der Waals surface area contributed by atoms with Crippen LogP contribution < -0.4 is 5.32 Å². The van der Waals surface area contributed by atoms with Gasteiger partial charge in [-0.25, -0.2) is 9.18 Å². The highest BCUT2D eigenvalue weighted by atomic mass is 19.1. The maximum atomic E-state index is 13.1. The van der Waals surface area contributed by atoms with E-state index in [4.69, 9.17) is 4.74 Å². The molecule has 0 aliphatic rings. The van der Waals surface area contributed by atoms with Crippen LogP contribution in [0.15, 0.2) is 30.3 Å². The fraction of sp³-hybridized carbons (Fsp3) is 0.368. The molecule has 0 saturated heterocycles. The highest BCUT2D eigenvalue weighted by molar-refractivity contribution is 5.93. The minimum atomic E-state index is -0.564. The van der Waals surface area contributed by atoms with E-state index in [0.717, 1.165) is 11.4 Å². The lowest BCUT2D eigenvalue weighted by Gasteiger charge is -2.20. The molecule has 0 fully saturated rings. The van der Waals surface area contributed by atoms with Crippen molar-refractivity contribution >= 4 is 11.9 Å². The van der Waals surface area contributed by atoms with Crippen molar-refractivity contribution in [3.8, 4) is 5.69 Å². The van der Waals surface area contributed by atoms with E-state index in [1.807, 2.05) is 32.3 Å². The summed E-state index contributed by atoms with van der Waals surface area (Å²) in [6, 6.07) is 7.71. The Hall–Kier alpha value is -2.63. The molecule has 6 heteroatoms. The summed E-state index contributed by atoms with van der Waals surface area (Å²) in [5, 5.41) is 2.73. The minimum absolute atomic E-state index is 0.323. The van der Waals surface area contributed by atoms with Crippen LogP contribution in [0, 0.1) is 19.7 Å². The van der Waals surface area contributed by atoms with Gasteiger partial charge in [-0.3, -0.25) is 4.79 Å². The van der Waals surface area contributed by atoms with E-state index in [2.05, 4.69) is 5.32 Å². The van der Waals surface area contributed by atoms with E-state index in [1.54, 1.807) is 25.1 Å². The number of carbonyl (C=O) groups is 2. The highest BCUT2D eigenvalue weighted by Gasteiger charge is 2.20. The van der Waals surface area contributed by atoms with E-state index < -0.39 is 5.97 Å². The molecule has 134 valence electrons. The summed E-state index contributed by atoms with van der Waals surface area (Å²) in [5.74, 6) is -1.24. The molecule has 0 spiro atoms. The van der Waals surface area contributed by atoms with Crippen molar-refractivity contribution in [1.29, 1.82) is 0 Å². The van der Waals surface area contributed by atoms with Gasteiger partial charge in [0.25, 0.3) is 5.91 Å². The number of aromatic nitrogens is 1. The highest BCUT2D eigenvalue weighted by Crippen LogP contribution is 2.21. The molecular formula is C19H23FN2O3. The number of nitrogens with one attached hydrogen (secondary N) is 1. The Morgan fingerprint density at radius 1 is 1.16 bits per heavy atom. The first-order valence-corrected chi connectivity index (χ1v) is 8.01. The SMILES string of the molecule is Cc1cc(C(=O)OCC(=O)NC(C)(C)C)c(C)n1-c1ccc(F)cc1. The van der Waals surface area contributed by atoms with Gasteiger partial charge in [-0.05, 0) is 65.0 Å². The molecule has 1 aromatic carbocycles. The second kappa shape index (κ2) is 7.09. The third-order valence-corrected chi connectivity index (χ3v) is 3.58. The van der Waals surface area contributed by atoms with Gasteiger partial charge in [-0.15, -0.1) is 0 Å². The molecule has 25 heavy (non-hydrogen) atoms. The number of halogens is 1. The molecule has 2 rings (SSSR count). The van der Waals surface area contributed by atoms with E-state index in [0.29, 0.717) is 11.3 Å². The zero-order chi connectivity index (χ0) is 18.8. The van der Waals surface area contributed by atoms with Crippen LogP contribution >= 0.6 is 0 Å². The summed E-state index contributed by atoms with van der Waals surface area (Å²) in [4.78, 5) is 24.1. The van der Waals surface area contributed by atoms with Gasteiger partial charge in [0.15, 0.2) is 6.61 Å². The monoisotopic (exact) mass is 346 g/mol. The summed E-state index contributed by atoms with van der Waals surface area (Å²) in [6.07, 6.45) is 0. The number of hydrogen-bond donors (Lipinski definition) is 1. The molecule has 1 heterocycles. The molecule has 0 aliphatic heterocycles. The first-order chi connectivity index (χ1) is 11.6. The zero-order valence-electron chi connectivity index (χ0n) is 15.1. The number of benzene rings is 1. The standard InChI is InChI=1S/C19H23FN2O3/c1-12-10-16(18(24)25-11-17(23)21-19(3,4)5)13(2)22(12)15-8-6-14(20)7-9-15/h6-10H,11H2,1-5H3,(H,21,23). The molecule has 0 aliphatic carbocycles. The summed E-state index contributed by atoms with van der Waals surface area (Å²) >= 11 is 0. The number of aryl methyl sites for hydroxylation is 1. The van der Waals surface area contributed by atoms with Crippen LogP contribution in [-0.4, -0.2) is 28.6 Å². The van der Waals surface area contributed by atoms with Gasteiger partial charge in [0.05, 0.1) is 5.56 Å². The number of rotatable bonds is 4. The lowest BCUT2D eigenvalue weighted by Crippen LogP contribution is -2.42. The van der Waals surface area contributed by atoms with Gasteiger partial charge in [0.2, 0.25) is 0 Å². The molecule has 0 radical (unpaired) electrons. The van der Waals surface area contributed by atoms with Crippen molar-refractivity contribution in [3.63, 3.8) is 0 Å². The average molecular weight is 346 g/mol. The minimum Gasteiger partial charge on any atom is -0.452 e. The fourth-order valence-electron chi connectivity index (χ4n) is 2.62. The Labute approximate surface area is 146 Å². The van der Waals surface area contributed by atoms with Crippen LogP contribution in [-0.2, 0) is 9.53 Å². The van der Waals surface area contributed by atoms with Gasteiger partial charge in [-0.2, -0.15) is 0 Å². The Balaban J connectivity index is 2.15. The summed E-state index contributed by atoms with van der Waals surface area (Å²) in [5.41, 5.74) is 2.23. The molecule has 0 unspecified atom stereocenters. The number of amides is 1. The topological polar surface area (TPSA) is 60.3 Å². The van der Waals surface area contributed by atoms with E-state index >= 15 is 0 Å². The smallest absolute Gasteiger partial charge is 0.340 e. The van der Waals surface area contributed by atoms with Crippen LogP contribution in [0.3, 0.4) is 0 Å². The van der Waals surface area contributed by atoms with E-state index in [9.17, 15) is 14.0 Å². The molecule has 0 saturated carbocycles. The summed E-state index contributed by atoms with van der Waals surface area (Å²) in [6.45, 7) is 8.84. The molecule has 0 atom stereocenters. The largest absolute Gasteiger partial charge is 0.452 e. The molecular weight excluding hydrogens is 323 g/mol. The summed E-state index contributed by atoms with van der Waals surface area (Å²) < 4.78 is 20.1. The Morgan fingerprint density at radius 2 is 1.76 bits per heavy atom. The number of ether oxygens (including phenoxy) is 1. The van der Waals surface area contributed by atoms with Crippen LogP contribution in [0.25, 0.3) is 5.69 Å². The van der Waals surface area contributed by atoms with Crippen molar-refractivity contribution in [3.05, 3.63) is 53.1 Å². The van der Waals surface area contributed by atoms with Crippen molar-refractivity contribution < 1.29 is 18.7 Å². The van der Waals surface area contributed by atoms with Crippen LogP contribution in [0.4, 0.5) is 4.39 Å². The predicted octanol–water partition coefficient (Wildman–Crippen LogP) is 3.30. The third-order valence-electron chi connectivity index (χ3n) is 3.58. The lowest BCUT2D eigenvalue weighted by atomic mass is 10.1. The molecule has 1 N–H and O–H groups in total. The number of esters is 1. The van der Waals surface area contributed by atoms with Gasteiger partial charge in [0.1, 0.15) is 5.82 Å². The Morgan fingerprint density at radius 3 is 2.32 bits per heavy atom. The number of carbonyl (C=O) groups excluding carboxylic acids is 2. The number of hydrogen-bond acceptors (Lipinski definition) is 3. The van der Waals surface area contributed by atoms with Crippen molar-refractivity contribution in [2.24, 2.45) is 0 Å². The maximum Gasteiger partial charge on any atom is 0.340 e. The average Bonchev–Trinajstić information content (AvgIpc) is 2.79. The van der Waals surface area contributed by atoms with Gasteiger partial charge >= 0.3 is 5.97 Å². The fourth-order valence-corrected chi connectivity index (χ4v) is 2.62.